The van der Waals surface area contributed by atoms with Gasteiger partial charge in [-0.2, -0.15) is 0 Å². The van der Waals surface area contributed by atoms with Crippen molar-refractivity contribution in [2.45, 2.75) is 13.3 Å². The van der Waals surface area contributed by atoms with E-state index >= 15 is 0 Å². The Balaban J connectivity index is 0.00000420. The molecular weight excluding hydrogens is 483 g/mol. The van der Waals surface area contributed by atoms with Crippen LogP contribution in [0.1, 0.15) is 11.3 Å². The van der Waals surface area contributed by atoms with Gasteiger partial charge in [-0.1, -0.05) is 17.7 Å². The maximum absolute atomic E-state index is 11.9. The molecule has 0 radical (unpaired) electrons. The van der Waals surface area contributed by atoms with Crippen LogP contribution in [-0.2, 0) is 11.2 Å². The van der Waals surface area contributed by atoms with Crippen molar-refractivity contribution < 1.29 is 13.9 Å². The Bertz CT molecular complexity index is 746. The summed E-state index contributed by atoms with van der Waals surface area (Å²) in [6, 6.07) is 11.8. The second kappa shape index (κ2) is 13.1. The summed E-state index contributed by atoms with van der Waals surface area (Å²) < 4.78 is 11.1. The third-order valence-electron chi connectivity index (χ3n) is 4.18. The average molecular weight is 514 g/mol. The van der Waals surface area contributed by atoms with Gasteiger partial charge in [0, 0.05) is 34.1 Å². The van der Waals surface area contributed by atoms with Gasteiger partial charge in [0.1, 0.15) is 24.7 Å². The third kappa shape index (κ3) is 9.21. The summed E-state index contributed by atoms with van der Waals surface area (Å²) in [6.07, 6.45) is 2.40. The summed E-state index contributed by atoms with van der Waals surface area (Å²) >= 11 is 0. The van der Waals surface area contributed by atoms with E-state index in [0.29, 0.717) is 25.7 Å². The topological polar surface area (TPSA) is 70.3 Å². The summed E-state index contributed by atoms with van der Waals surface area (Å²) in [6.45, 7) is 3.95. The van der Waals surface area contributed by atoms with Crippen molar-refractivity contribution in [3.05, 3.63) is 54.0 Å². The summed E-state index contributed by atoms with van der Waals surface area (Å²) in [5.74, 6) is 2.36. The van der Waals surface area contributed by atoms with Crippen LogP contribution >= 0.6 is 24.0 Å². The van der Waals surface area contributed by atoms with Crippen LogP contribution in [-0.4, -0.2) is 69.1 Å². The predicted octanol–water partition coefficient (Wildman–Crippen LogP) is 2.79. The van der Waals surface area contributed by atoms with Crippen molar-refractivity contribution in [3.8, 4) is 5.75 Å². The molecule has 8 heteroatoms. The molecule has 0 spiro atoms. The summed E-state index contributed by atoms with van der Waals surface area (Å²) in [5, 5.41) is 3.30. The molecule has 0 aliphatic heterocycles. The highest BCUT2D eigenvalue weighted by Crippen LogP contribution is 2.11. The maximum Gasteiger partial charge on any atom is 0.243 e. The first-order chi connectivity index (χ1) is 13.5. The standard InChI is InChI=1S/C21H30N4O3.HI/c1-17-7-9-19(10-8-17)28-15-13-25(4)21(23-16-20(26)24(2)3)22-12-11-18-6-5-14-27-18;/h5-10,14H,11-13,15-16H2,1-4H3,(H,22,23);1H. The highest BCUT2D eigenvalue weighted by molar-refractivity contribution is 14.0. The lowest BCUT2D eigenvalue weighted by Crippen LogP contribution is -2.42. The zero-order valence-electron chi connectivity index (χ0n) is 17.6. The zero-order chi connectivity index (χ0) is 20.4. The number of carbonyl (C=O) groups is 1. The number of aliphatic imine (C=N–C) groups is 1. The van der Waals surface area contributed by atoms with E-state index in [-0.39, 0.29) is 36.4 Å². The van der Waals surface area contributed by atoms with Gasteiger partial charge in [-0.15, -0.1) is 24.0 Å². The number of benzene rings is 1. The maximum atomic E-state index is 11.9. The zero-order valence-corrected chi connectivity index (χ0v) is 19.9. The van der Waals surface area contributed by atoms with Gasteiger partial charge in [0.05, 0.1) is 12.8 Å². The molecular formula is C21H31IN4O3. The molecule has 7 nitrogen and oxygen atoms in total. The number of amides is 1. The number of hydrogen-bond donors (Lipinski definition) is 1. The molecule has 0 atom stereocenters. The Morgan fingerprint density at radius 2 is 1.90 bits per heavy atom. The molecule has 1 heterocycles. The van der Waals surface area contributed by atoms with Gasteiger partial charge in [-0.05, 0) is 31.2 Å². The van der Waals surface area contributed by atoms with Crippen LogP contribution in [0.25, 0.3) is 0 Å². The lowest BCUT2D eigenvalue weighted by molar-refractivity contribution is -0.127. The second-order valence-corrected chi connectivity index (χ2v) is 6.77. The molecule has 2 aromatic rings. The number of guanidine groups is 1. The van der Waals surface area contributed by atoms with Crippen molar-refractivity contribution in [1.29, 1.82) is 0 Å². The fourth-order valence-electron chi connectivity index (χ4n) is 2.39. The summed E-state index contributed by atoms with van der Waals surface area (Å²) in [4.78, 5) is 19.8. The molecule has 0 saturated carbocycles. The number of furan rings is 1. The lowest BCUT2D eigenvalue weighted by Gasteiger charge is -2.23. The van der Waals surface area contributed by atoms with E-state index in [9.17, 15) is 4.79 Å². The van der Waals surface area contributed by atoms with Crippen LogP contribution in [0.5, 0.6) is 5.75 Å². The van der Waals surface area contributed by atoms with Gasteiger partial charge in [0.15, 0.2) is 5.96 Å². The highest BCUT2D eigenvalue weighted by atomic mass is 127. The Labute approximate surface area is 190 Å². The number of likely N-dealkylation sites (N-methyl/N-ethyl adjacent to an activating group) is 2. The van der Waals surface area contributed by atoms with E-state index < -0.39 is 0 Å². The van der Waals surface area contributed by atoms with Gasteiger partial charge < -0.3 is 24.3 Å². The lowest BCUT2D eigenvalue weighted by atomic mass is 10.2. The molecule has 0 fully saturated rings. The van der Waals surface area contributed by atoms with Gasteiger partial charge in [-0.25, -0.2) is 4.99 Å². The Morgan fingerprint density at radius 3 is 2.52 bits per heavy atom. The molecule has 1 N–H and O–H groups in total. The first-order valence-corrected chi connectivity index (χ1v) is 9.37. The minimum atomic E-state index is -0.0466. The monoisotopic (exact) mass is 514 g/mol. The van der Waals surface area contributed by atoms with Crippen molar-refractivity contribution in [1.82, 2.24) is 15.1 Å². The number of hydrogen-bond acceptors (Lipinski definition) is 4. The normalized spacial score (nSPS) is 10.8. The van der Waals surface area contributed by atoms with Crippen molar-refractivity contribution in [2.24, 2.45) is 4.99 Å². The molecule has 1 aromatic carbocycles. The van der Waals surface area contributed by atoms with Gasteiger partial charge in [0.2, 0.25) is 5.91 Å². The molecule has 0 saturated heterocycles. The Hall–Kier alpha value is -2.23. The molecule has 2 rings (SSSR count). The van der Waals surface area contributed by atoms with Crippen molar-refractivity contribution in [3.63, 3.8) is 0 Å². The second-order valence-electron chi connectivity index (χ2n) is 6.77. The van der Waals surface area contributed by atoms with E-state index in [4.69, 9.17) is 9.15 Å². The van der Waals surface area contributed by atoms with Gasteiger partial charge in [0.25, 0.3) is 0 Å². The Kier molecular flexibility index (Phi) is 11.2. The van der Waals surface area contributed by atoms with Crippen LogP contribution in [0.4, 0.5) is 0 Å². The molecule has 1 amide bonds. The van der Waals surface area contributed by atoms with Crippen LogP contribution < -0.4 is 10.1 Å². The predicted molar refractivity (Wildman–Crippen MR) is 126 cm³/mol. The van der Waals surface area contributed by atoms with E-state index in [0.717, 1.165) is 17.9 Å². The number of halogens is 1. The van der Waals surface area contributed by atoms with E-state index in [1.807, 2.05) is 55.3 Å². The quantitative estimate of drug-likeness (QED) is 0.317. The van der Waals surface area contributed by atoms with Crippen LogP contribution in [0.2, 0.25) is 0 Å². The summed E-state index contributed by atoms with van der Waals surface area (Å²) in [7, 11) is 5.37. The number of rotatable bonds is 9. The Morgan fingerprint density at radius 1 is 1.17 bits per heavy atom. The first-order valence-electron chi connectivity index (χ1n) is 9.37. The smallest absolute Gasteiger partial charge is 0.243 e. The number of nitrogens with one attached hydrogen (secondary N) is 1. The van der Waals surface area contributed by atoms with Crippen LogP contribution in [0.15, 0.2) is 52.1 Å². The fraction of sp³-hybridized carbons (Fsp3) is 0.429. The molecule has 29 heavy (non-hydrogen) atoms. The molecule has 0 bridgehead atoms. The fourth-order valence-corrected chi connectivity index (χ4v) is 2.39. The molecule has 160 valence electrons. The highest BCUT2D eigenvalue weighted by Gasteiger charge is 2.09. The van der Waals surface area contributed by atoms with Crippen LogP contribution in [0.3, 0.4) is 0 Å². The molecule has 0 aliphatic rings. The minimum absolute atomic E-state index is 0. The number of aryl methyl sites for hydroxylation is 1. The van der Waals surface area contributed by atoms with Crippen LogP contribution in [0, 0.1) is 6.92 Å². The summed E-state index contributed by atoms with van der Waals surface area (Å²) in [5.41, 5.74) is 1.20. The van der Waals surface area contributed by atoms with E-state index in [1.54, 1.807) is 20.4 Å². The molecule has 0 unspecified atom stereocenters. The van der Waals surface area contributed by atoms with Gasteiger partial charge >= 0.3 is 0 Å². The largest absolute Gasteiger partial charge is 0.492 e. The number of nitrogens with zero attached hydrogens (tertiary/aromatic N) is 3. The average Bonchev–Trinajstić information content (AvgIpc) is 3.19. The SMILES string of the molecule is Cc1ccc(OCCN(C)C(=NCC(=O)N(C)C)NCCc2ccco2)cc1.I. The minimum Gasteiger partial charge on any atom is -0.492 e. The number of carbonyl (C=O) groups excluding carboxylic acids is 1. The van der Waals surface area contributed by atoms with E-state index in [1.165, 1.54) is 10.5 Å². The molecule has 0 aliphatic carbocycles. The molecule has 1 aromatic heterocycles. The van der Waals surface area contributed by atoms with Gasteiger partial charge in [-0.3, -0.25) is 4.79 Å². The van der Waals surface area contributed by atoms with Crippen molar-refractivity contribution >= 4 is 35.8 Å². The van der Waals surface area contributed by atoms with Crippen molar-refractivity contribution in [2.75, 3.05) is 47.4 Å². The van der Waals surface area contributed by atoms with E-state index in [2.05, 4.69) is 10.3 Å². The number of ether oxygens (including phenoxy) is 1. The first kappa shape index (κ1) is 24.8. The third-order valence-corrected chi connectivity index (χ3v) is 4.18.